The molecule has 0 N–H and O–H groups in total. The van der Waals surface area contributed by atoms with Crippen molar-refractivity contribution in [2.45, 2.75) is 31.7 Å². The largest absolute Gasteiger partial charge is 0.465 e. The van der Waals surface area contributed by atoms with E-state index >= 15 is 0 Å². The Balaban J connectivity index is 1.85. The molecule has 7 nitrogen and oxygen atoms in total. The van der Waals surface area contributed by atoms with Gasteiger partial charge in [-0.2, -0.15) is 10.3 Å². The van der Waals surface area contributed by atoms with Crippen LogP contribution in [-0.2, 0) is 25.7 Å². The second-order valence-electron chi connectivity index (χ2n) is 6.15. The molecule has 0 radical (unpaired) electrons. The van der Waals surface area contributed by atoms with Crippen molar-refractivity contribution in [3.8, 4) is 6.07 Å². The van der Waals surface area contributed by atoms with Gasteiger partial charge in [0.05, 0.1) is 18.7 Å². The highest BCUT2D eigenvalue weighted by Gasteiger charge is 2.51. The van der Waals surface area contributed by atoms with E-state index in [0.717, 1.165) is 5.56 Å². The first-order valence-electron chi connectivity index (χ1n) is 8.93. The first kappa shape index (κ1) is 19.5. The van der Waals surface area contributed by atoms with Crippen LogP contribution in [0.1, 0.15) is 22.8 Å². The zero-order valence-electron chi connectivity index (χ0n) is 15.4. The number of hydroxylamine groups is 2. The topological polar surface area (TPSA) is 88.9 Å². The van der Waals surface area contributed by atoms with Crippen molar-refractivity contribution in [2.75, 3.05) is 6.61 Å². The van der Waals surface area contributed by atoms with Gasteiger partial charge in [0.2, 0.25) is 6.10 Å². The Hall–Kier alpha value is -3.21. The van der Waals surface area contributed by atoms with Gasteiger partial charge in [-0.3, -0.25) is 9.63 Å². The molecule has 0 aromatic heterocycles. The van der Waals surface area contributed by atoms with Gasteiger partial charge in [0.1, 0.15) is 6.07 Å². The Kier molecular flexibility index (Phi) is 6.37. The molecule has 2 aromatic carbocycles. The number of nitriles is 1. The van der Waals surface area contributed by atoms with Crippen molar-refractivity contribution < 1.29 is 23.9 Å². The summed E-state index contributed by atoms with van der Waals surface area (Å²) in [4.78, 5) is 30.7. The molecule has 3 rings (SSSR count). The second-order valence-corrected chi connectivity index (χ2v) is 6.15. The summed E-state index contributed by atoms with van der Waals surface area (Å²) in [6, 6.07) is 18.6. The maximum Gasteiger partial charge on any atom is 0.338 e. The highest BCUT2D eigenvalue weighted by atomic mass is 16.7. The van der Waals surface area contributed by atoms with E-state index in [-0.39, 0.29) is 13.2 Å². The summed E-state index contributed by atoms with van der Waals surface area (Å²) in [7, 11) is 0. The Labute approximate surface area is 163 Å². The van der Waals surface area contributed by atoms with E-state index in [1.165, 1.54) is 5.06 Å². The molecule has 7 heteroatoms. The number of carbonyl (C=O) groups is 2. The van der Waals surface area contributed by atoms with Gasteiger partial charge in [-0.15, -0.1) is 0 Å². The normalized spacial score (nSPS) is 21.6. The molecule has 2 aromatic rings. The Morgan fingerprint density at radius 2 is 1.75 bits per heavy atom. The van der Waals surface area contributed by atoms with Crippen molar-refractivity contribution >= 4 is 11.9 Å². The molecule has 144 valence electrons. The van der Waals surface area contributed by atoms with E-state index in [9.17, 15) is 14.9 Å². The molecule has 0 saturated carbocycles. The van der Waals surface area contributed by atoms with E-state index in [2.05, 4.69) is 0 Å². The molecule has 0 spiro atoms. The fourth-order valence-electron chi connectivity index (χ4n) is 2.97. The van der Waals surface area contributed by atoms with Crippen LogP contribution in [0.25, 0.3) is 0 Å². The van der Waals surface area contributed by atoms with Crippen LogP contribution in [0.5, 0.6) is 0 Å². The van der Waals surface area contributed by atoms with Gasteiger partial charge in [-0.25, -0.2) is 4.79 Å². The minimum absolute atomic E-state index is 0.158. The number of hydrogen-bond donors (Lipinski definition) is 0. The zero-order chi connectivity index (χ0) is 19.9. The Morgan fingerprint density at radius 3 is 2.36 bits per heavy atom. The van der Waals surface area contributed by atoms with Crippen LogP contribution in [0.15, 0.2) is 60.7 Å². The Morgan fingerprint density at radius 1 is 1.11 bits per heavy atom. The van der Waals surface area contributed by atoms with Gasteiger partial charge in [-0.05, 0) is 24.6 Å². The van der Waals surface area contributed by atoms with Crippen LogP contribution >= 0.6 is 0 Å². The van der Waals surface area contributed by atoms with E-state index in [1.807, 2.05) is 36.4 Å². The second kappa shape index (κ2) is 9.13. The molecule has 0 bridgehead atoms. The van der Waals surface area contributed by atoms with Gasteiger partial charge < -0.3 is 9.47 Å². The fourth-order valence-corrected chi connectivity index (χ4v) is 2.97. The lowest BCUT2D eigenvalue weighted by atomic mass is 10.1. The summed E-state index contributed by atoms with van der Waals surface area (Å²) in [6.07, 6.45) is -2.23. The molecule has 1 heterocycles. The average Bonchev–Trinajstić information content (AvgIpc) is 3.06. The Bertz CT molecular complexity index is 850. The van der Waals surface area contributed by atoms with E-state index < -0.39 is 30.2 Å². The monoisotopic (exact) mass is 380 g/mol. The highest BCUT2D eigenvalue weighted by Crippen LogP contribution is 2.28. The molecule has 0 amide bonds. The third kappa shape index (κ3) is 4.36. The molecule has 28 heavy (non-hydrogen) atoms. The van der Waals surface area contributed by atoms with Crippen molar-refractivity contribution in [3.63, 3.8) is 0 Å². The van der Waals surface area contributed by atoms with E-state index in [4.69, 9.17) is 14.3 Å². The number of ether oxygens (including phenoxy) is 2. The minimum Gasteiger partial charge on any atom is -0.465 e. The highest BCUT2D eigenvalue weighted by molar-refractivity contribution is 5.90. The third-order valence-electron chi connectivity index (χ3n) is 4.26. The standard InChI is InChI=1S/C21H20N2O5/c1-2-26-21(25)18-19(27-20(24)16-11-7-4-8-12-16)17(13-22)28-23(18)14-15-9-5-3-6-10-15/h3-12,17-19H,2,14H2,1H3/t17-,18-,19-/m0/s1. The van der Waals surface area contributed by atoms with Crippen molar-refractivity contribution in [1.82, 2.24) is 5.06 Å². The minimum atomic E-state index is -1.12. The van der Waals surface area contributed by atoms with Crippen molar-refractivity contribution in [2.24, 2.45) is 0 Å². The van der Waals surface area contributed by atoms with Crippen molar-refractivity contribution in [1.29, 1.82) is 5.26 Å². The van der Waals surface area contributed by atoms with E-state index in [1.54, 1.807) is 37.3 Å². The molecule has 0 aliphatic carbocycles. The molecule has 3 atom stereocenters. The summed E-state index contributed by atoms with van der Waals surface area (Å²) in [5, 5.41) is 10.8. The van der Waals surface area contributed by atoms with Crippen LogP contribution in [0.3, 0.4) is 0 Å². The van der Waals surface area contributed by atoms with Crippen LogP contribution in [0, 0.1) is 11.3 Å². The summed E-state index contributed by atoms with van der Waals surface area (Å²) >= 11 is 0. The predicted molar refractivity (Wildman–Crippen MR) is 98.5 cm³/mol. The lowest BCUT2D eigenvalue weighted by molar-refractivity contribution is -0.180. The van der Waals surface area contributed by atoms with Crippen LogP contribution < -0.4 is 0 Å². The lowest BCUT2D eigenvalue weighted by Gasteiger charge is -2.23. The lowest BCUT2D eigenvalue weighted by Crippen LogP contribution is -2.45. The van der Waals surface area contributed by atoms with Gasteiger partial charge in [0.25, 0.3) is 0 Å². The summed E-state index contributed by atoms with van der Waals surface area (Å²) in [5.41, 5.74) is 1.20. The molecule has 1 aliphatic heterocycles. The number of benzene rings is 2. The van der Waals surface area contributed by atoms with Crippen LogP contribution in [0.2, 0.25) is 0 Å². The SMILES string of the molecule is CCOC(=O)[C@@H]1[C@@H](OC(=O)c2ccccc2)[C@H](C#N)ON1Cc1ccccc1. The van der Waals surface area contributed by atoms with Gasteiger partial charge in [0.15, 0.2) is 12.1 Å². The quantitative estimate of drug-likeness (QED) is 0.711. The summed E-state index contributed by atoms with van der Waals surface area (Å²) in [5.74, 6) is -1.24. The maximum atomic E-state index is 12.6. The van der Waals surface area contributed by atoms with Gasteiger partial charge >= 0.3 is 11.9 Å². The smallest absolute Gasteiger partial charge is 0.338 e. The number of rotatable bonds is 6. The molecular formula is C21H20N2O5. The van der Waals surface area contributed by atoms with Gasteiger partial charge in [0, 0.05) is 0 Å². The van der Waals surface area contributed by atoms with E-state index in [0.29, 0.717) is 5.56 Å². The average molecular weight is 380 g/mol. The number of carbonyl (C=O) groups excluding carboxylic acids is 2. The molecular weight excluding hydrogens is 360 g/mol. The molecule has 0 unspecified atom stereocenters. The zero-order valence-corrected chi connectivity index (χ0v) is 15.4. The number of hydrogen-bond acceptors (Lipinski definition) is 7. The molecule has 1 aliphatic rings. The van der Waals surface area contributed by atoms with Crippen molar-refractivity contribution in [3.05, 3.63) is 71.8 Å². The van der Waals surface area contributed by atoms with Crippen LogP contribution in [0.4, 0.5) is 0 Å². The molecule has 1 saturated heterocycles. The number of nitrogens with zero attached hydrogens (tertiary/aromatic N) is 2. The first-order valence-corrected chi connectivity index (χ1v) is 8.93. The summed E-state index contributed by atoms with van der Waals surface area (Å²) < 4.78 is 10.7. The third-order valence-corrected chi connectivity index (χ3v) is 4.26. The predicted octanol–water partition coefficient (Wildman–Crippen LogP) is 2.48. The fraction of sp³-hybridized carbons (Fsp3) is 0.286. The molecule has 1 fully saturated rings. The van der Waals surface area contributed by atoms with Crippen LogP contribution in [-0.4, -0.2) is 41.9 Å². The number of esters is 2. The summed E-state index contributed by atoms with van der Waals surface area (Å²) in [6.45, 7) is 2.08. The first-order chi connectivity index (χ1) is 13.6. The van der Waals surface area contributed by atoms with Gasteiger partial charge in [-0.1, -0.05) is 48.5 Å². The maximum absolute atomic E-state index is 12.6.